The van der Waals surface area contributed by atoms with Crippen molar-refractivity contribution in [3.8, 4) is 5.75 Å². The second kappa shape index (κ2) is 10.5. The zero-order valence-electron chi connectivity index (χ0n) is 20.3. The monoisotopic (exact) mass is 516 g/mol. The molecule has 0 aromatic heterocycles. The first-order valence-corrected chi connectivity index (χ1v) is 12.0. The maximum atomic E-state index is 13.6. The molecule has 1 aliphatic rings. The Labute approximate surface area is 214 Å². The lowest BCUT2D eigenvalue weighted by Gasteiger charge is -2.30. The van der Waals surface area contributed by atoms with Crippen LogP contribution in [-0.4, -0.2) is 49.0 Å². The number of aryl methyl sites for hydroxylation is 1. The van der Waals surface area contributed by atoms with Gasteiger partial charge in [0.25, 0.3) is 5.91 Å². The first kappa shape index (κ1) is 26.0. The summed E-state index contributed by atoms with van der Waals surface area (Å²) >= 11 is 6.19. The number of methoxy groups -OCH3 is 1. The molecular formula is C28H28ClF3N2O2. The summed E-state index contributed by atoms with van der Waals surface area (Å²) in [6.07, 6.45) is -4.64. The number of alkyl halides is 3. The third-order valence-corrected chi connectivity index (χ3v) is 7.05. The minimum absolute atomic E-state index is 0.0275. The smallest absolute Gasteiger partial charge is 0.419 e. The van der Waals surface area contributed by atoms with Crippen molar-refractivity contribution in [1.29, 1.82) is 0 Å². The molecule has 190 valence electrons. The van der Waals surface area contributed by atoms with Crippen molar-refractivity contribution in [2.45, 2.75) is 31.6 Å². The maximum absolute atomic E-state index is 13.6. The van der Waals surface area contributed by atoms with Crippen molar-refractivity contribution < 1.29 is 22.7 Å². The Morgan fingerprint density at radius 2 is 1.81 bits per heavy atom. The summed E-state index contributed by atoms with van der Waals surface area (Å²) in [5.74, 6) is -0.808. The molecule has 0 N–H and O–H groups in total. The van der Waals surface area contributed by atoms with Gasteiger partial charge in [-0.05, 0) is 53.9 Å². The number of hydrogen-bond acceptors (Lipinski definition) is 3. The highest BCUT2D eigenvalue weighted by atomic mass is 35.5. The highest BCUT2D eigenvalue weighted by Crippen LogP contribution is 2.38. The van der Waals surface area contributed by atoms with E-state index in [1.165, 1.54) is 19.2 Å². The predicted octanol–water partition coefficient (Wildman–Crippen LogP) is 6.42. The van der Waals surface area contributed by atoms with Crippen LogP contribution in [-0.2, 0) is 12.7 Å². The molecule has 0 unspecified atom stereocenters. The highest BCUT2D eigenvalue weighted by molar-refractivity contribution is 6.30. The van der Waals surface area contributed by atoms with Crippen molar-refractivity contribution in [1.82, 2.24) is 9.80 Å². The van der Waals surface area contributed by atoms with Crippen molar-refractivity contribution in [3.63, 3.8) is 0 Å². The molecule has 4 rings (SSSR count). The molecule has 1 amide bonds. The molecular weight excluding hydrogens is 489 g/mol. The zero-order chi connectivity index (χ0) is 26.0. The van der Waals surface area contributed by atoms with Gasteiger partial charge >= 0.3 is 6.18 Å². The van der Waals surface area contributed by atoms with E-state index in [4.69, 9.17) is 16.3 Å². The lowest BCUT2D eigenvalue weighted by molar-refractivity contribution is -0.138. The zero-order valence-corrected chi connectivity index (χ0v) is 21.1. The van der Waals surface area contributed by atoms with Crippen molar-refractivity contribution in [2.24, 2.45) is 0 Å². The molecule has 0 saturated carbocycles. The number of likely N-dealkylation sites (tertiary alicyclic amines) is 1. The molecule has 4 nitrogen and oxygen atoms in total. The SMILES string of the molecule is COc1ccc(C(=O)N(C)[C@H]2CN(Cc3ccccc3)C[C@@H]2c2ccc(Cl)cc2C)cc1C(F)(F)F. The molecule has 0 radical (unpaired) electrons. The average Bonchev–Trinajstić information content (AvgIpc) is 3.26. The summed E-state index contributed by atoms with van der Waals surface area (Å²) in [6.45, 7) is 3.99. The van der Waals surface area contributed by atoms with Crippen molar-refractivity contribution in [2.75, 3.05) is 27.2 Å². The third-order valence-electron chi connectivity index (χ3n) is 6.81. The molecule has 0 aliphatic carbocycles. The van der Waals surface area contributed by atoms with Gasteiger partial charge in [0, 0.05) is 43.2 Å². The number of benzene rings is 3. The van der Waals surface area contributed by atoms with Crippen LogP contribution in [0.25, 0.3) is 0 Å². The van der Waals surface area contributed by atoms with Crippen LogP contribution in [0.4, 0.5) is 13.2 Å². The molecule has 1 aliphatic heterocycles. The topological polar surface area (TPSA) is 32.8 Å². The fourth-order valence-electron chi connectivity index (χ4n) is 5.01. The van der Waals surface area contributed by atoms with Crippen LogP contribution in [0.15, 0.2) is 66.7 Å². The van der Waals surface area contributed by atoms with E-state index in [9.17, 15) is 18.0 Å². The molecule has 0 spiro atoms. The van der Waals surface area contributed by atoms with E-state index in [-0.39, 0.29) is 23.3 Å². The molecule has 8 heteroatoms. The van der Waals surface area contributed by atoms with Crippen LogP contribution in [0, 0.1) is 6.92 Å². The van der Waals surface area contributed by atoms with Gasteiger partial charge in [0.15, 0.2) is 0 Å². The van der Waals surface area contributed by atoms with Gasteiger partial charge in [-0.1, -0.05) is 48.0 Å². The van der Waals surface area contributed by atoms with Crippen LogP contribution in [0.2, 0.25) is 5.02 Å². The fourth-order valence-corrected chi connectivity index (χ4v) is 5.23. The maximum Gasteiger partial charge on any atom is 0.419 e. The molecule has 2 atom stereocenters. The minimum atomic E-state index is -4.64. The first-order valence-electron chi connectivity index (χ1n) is 11.6. The van der Waals surface area contributed by atoms with Crippen LogP contribution >= 0.6 is 11.6 Å². The van der Waals surface area contributed by atoms with E-state index in [0.717, 1.165) is 22.8 Å². The Morgan fingerprint density at radius 1 is 1.08 bits per heavy atom. The highest BCUT2D eigenvalue weighted by Gasteiger charge is 2.40. The lowest BCUT2D eigenvalue weighted by atomic mass is 9.90. The second-order valence-corrected chi connectivity index (χ2v) is 9.62. The normalized spacial score (nSPS) is 18.3. The molecule has 1 fully saturated rings. The predicted molar refractivity (Wildman–Crippen MR) is 135 cm³/mol. The molecule has 0 bridgehead atoms. The van der Waals surface area contributed by atoms with E-state index in [2.05, 4.69) is 17.0 Å². The van der Waals surface area contributed by atoms with E-state index >= 15 is 0 Å². The number of likely N-dealkylation sites (N-methyl/N-ethyl adjacent to an activating group) is 1. The summed E-state index contributed by atoms with van der Waals surface area (Å²) in [6, 6.07) is 19.0. The van der Waals surface area contributed by atoms with Gasteiger partial charge in [0.1, 0.15) is 5.75 Å². The van der Waals surface area contributed by atoms with Gasteiger partial charge < -0.3 is 9.64 Å². The Morgan fingerprint density at radius 3 is 2.44 bits per heavy atom. The Balaban J connectivity index is 1.66. The molecule has 3 aromatic rings. The first-order chi connectivity index (χ1) is 17.1. The molecule has 36 heavy (non-hydrogen) atoms. The Bertz CT molecular complexity index is 1230. The summed E-state index contributed by atoms with van der Waals surface area (Å²) < 4.78 is 45.6. The van der Waals surface area contributed by atoms with Gasteiger partial charge in [-0.2, -0.15) is 13.2 Å². The standard InChI is InChI=1S/C28H28ClF3N2O2/c1-18-13-21(29)10-11-22(18)23-16-34(15-19-7-5-4-6-8-19)17-25(23)33(2)27(35)20-9-12-26(36-3)24(14-20)28(30,31)32/h4-14,23,25H,15-17H2,1-3H3/t23-,25+/m1/s1. The van der Waals surface area contributed by atoms with Crippen LogP contribution in [0.3, 0.4) is 0 Å². The van der Waals surface area contributed by atoms with Crippen LogP contribution < -0.4 is 4.74 Å². The summed E-state index contributed by atoms with van der Waals surface area (Å²) in [5, 5.41) is 0.634. The van der Waals surface area contributed by atoms with Crippen LogP contribution in [0.5, 0.6) is 5.75 Å². The molecule has 1 saturated heterocycles. The Hall–Kier alpha value is -3.03. The lowest BCUT2D eigenvalue weighted by Crippen LogP contribution is -2.41. The van der Waals surface area contributed by atoms with Crippen molar-refractivity contribution >= 4 is 17.5 Å². The number of ether oxygens (including phenoxy) is 1. The third kappa shape index (κ3) is 5.52. The number of amides is 1. The van der Waals surface area contributed by atoms with Crippen molar-refractivity contribution in [3.05, 3.63) is 99.6 Å². The van der Waals surface area contributed by atoms with Crippen LogP contribution in [0.1, 0.15) is 38.5 Å². The van der Waals surface area contributed by atoms with E-state index in [1.54, 1.807) is 11.9 Å². The van der Waals surface area contributed by atoms with Gasteiger partial charge in [-0.15, -0.1) is 0 Å². The number of halogens is 4. The Kier molecular flexibility index (Phi) is 7.62. The summed E-state index contributed by atoms with van der Waals surface area (Å²) in [4.78, 5) is 17.3. The number of hydrogen-bond donors (Lipinski definition) is 0. The van der Waals surface area contributed by atoms with Gasteiger partial charge in [-0.25, -0.2) is 0 Å². The fraction of sp³-hybridized carbons (Fsp3) is 0.321. The number of rotatable bonds is 6. The minimum Gasteiger partial charge on any atom is -0.496 e. The summed E-state index contributed by atoms with van der Waals surface area (Å²) in [5.41, 5.74) is 2.25. The number of carbonyl (C=O) groups is 1. The average molecular weight is 517 g/mol. The van der Waals surface area contributed by atoms with Gasteiger partial charge in [0.2, 0.25) is 0 Å². The summed E-state index contributed by atoms with van der Waals surface area (Å²) in [7, 11) is 2.84. The van der Waals surface area contributed by atoms with Gasteiger partial charge in [0.05, 0.1) is 18.7 Å². The van der Waals surface area contributed by atoms with E-state index in [1.807, 2.05) is 43.3 Å². The largest absolute Gasteiger partial charge is 0.496 e. The molecule has 3 aromatic carbocycles. The number of nitrogens with zero attached hydrogens (tertiary/aromatic N) is 2. The van der Waals surface area contributed by atoms with Gasteiger partial charge in [-0.3, -0.25) is 9.69 Å². The number of carbonyl (C=O) groups excluding carboxylic acids is 1. The van der Waals surface area contributed by atoms with E-state index < -0.39 is 17.6 Å². The quantitative estimate of drug-likeness (QED) is 0.379. The second-order valence-electron chi connectivity index (χ2n) is 9.18. The molecule has 1 heterocycles. The van der Waals surface area contributed by atoms with E-state index in [0.29, 0.717) is 24.7 Å².